The molecule has 0 aromatic heterocycles. The number of unbranched alkanes of at least 4 members (excludes halogenated alkanes) is 6. The van der Waals surface area contributed by atoms with Crippen LogP contribution in [0.3, 0.4) is 0 Å². The summed E-state index contributed by atoms with van der Waals surface area (Å²) in [6, 6.07) is 0. The predicted octanol–water partition coefficient (Wildman–Crippen LogP) is 4.56. The zero-order chi connectivity index (χ0) is 16.2. The van der Waals surface area contributed by atoms with Gasteiger partial charge in [0.25, 0.3) is 0 Å². The number of rotatable bonds is 8. The summed E-state index contributed by atoms with van der Waals surface area (Å²) in [7, 11) is 6.82. The molecule has 0 heterocycles. The molecule has 122 valence electrons. The standard InChI is InChI=1S/C12H28N.C5H10O2/c1-5-6-7-8-9-10-11-12-13(2,3)4;1-5(2,3)4(6)7/h5-12H2,1-4H3;1-3H3,(H,6,7)/q+1;. The first-order chi connectivity index (χ1) is 9.00. The Morgan fingerprint density at radius 3 is 1.55 bits per heavy atom. The van der Waals surface area contributed by atoms with Crippen molar-refractivity contribution in [2.45, 2.75) is 72.6 Å². The molecule has 0 fully saturated rings. The fourth-order valence-electron chi connectivity index (χ4n) is 1.54. The molecule has 0 amide bonds. The maximum atomic E-state index is 10.0. The molecule has 0 rings (SSSR count). The number of nitrogens with zero attached hydrogens (tertiary/aromatic N) is 1. The topological polar surface area (TPSA) is 37.3 Å². The summed E-state index contributed by atoms with van der Waals surface area (Å²) in [4.78, 5) is 10.0. The first-order valence-corrected chi connectivity index (χ1v) is 8.04. The number of quaternary nitrogens is 1. The minimum absolute atomic E-state index is 0.583. The third kappa shape index (κ3) is 19.8. The van der Waals surface area contributed by atoms with Crippen molar-refractivity contribution < 1.29 is 14.4 Å². The number of hydrogen-bond acceptors (Lipinski definition) is 1. The molecule has 0 atom stereocenters. The molecule has 3 heteroatoms. The molecule has 0 radical (unpaired) electrons. The average molecular weight is 288 g/mol. The molecule has 0 bridgehead atoms. The molecule has 3 nitrogen and oxygen atoms in total. The largest absolute Gasteiger partial charge is 0.481 e. The van der Waals surface area contributed by atoms with Gasteiger partial charge in [-0.05, 0) is 33.6 Å². The van der Waals surface area contributed by atoms with E-state index in [-0.39, 0.29) is 0 Å². The molecule has 0 saturated carbocycles. The lowest BCUT2D eigenvalue weighted by atomic mass is 9.98. The van der Waals surface area contributed by atoms with Gasteiger partial charge in [0, 0.05) is 0 Å². The van der Waals surface area contributed by atoms with E-state index in [4.69, 9.17) is 5.11 Å². The molecule has 0 aliphatic rings. The number of carboxylic acid groups (broad SMARTS) is 1. The van der Waals surface area contributed by atoms with Gasteiger partial charge in [-0.2, -0.15) is 0 Å². The molecule has 0 aromatic carbocycles. The van der Waals surface area contributed by atoms with Crippen LogP contribution in [-0.2, 0) is 4.79 Å². The lowest BCUT2D eigenvalue weighted by Crippen LogP contribution is -2.35. The zero-order valence-corrected chi connectivity index (χ0v) is 15.0. The summed E-state index contributed by atoms with van der Waals surface area (Å²) in [5.41, 5.74) is -0.583. The van der Waals surface area contributed by atoms with Crippen LogP contribution in [0.15, 0.2) is 0 Å². The number of hydrogen-bond donors (Lipinski definition) is 1. The first-order valence-electron chi connectivity index (χ1n) is 8.04. The SMILES string of the molecule is CC(C)(C)C(=O)O.CCCCCCCCC[N+](C)(C)C. The van der Waals surface area contributed by atoms with Crippen LogP contribution < -0.4 is 0 Å². The smallest absolute Gasteiger partial charge is 0.308 e. The van der Waals surface area contributed by atoms with Gasteiger partial charge in [-0.25, -0.2) is 0 Å². The molecule has 0 aliphatic heterocycles. The number of carboxylic acids is 1. The Labute approximate surface area is 127 Å². The lowest BCUT2D eigenvalue weighted by molar-refractivity contribution is -0.870. The van der Waals surface area contributed by atoms with E-state index in [0.717, 1.165) is 4.48 Å². The molecular weight excluding hydrogens is 250 g/mol. The van der Waals surface area contributed by atoms with E-state index in [9.17, 15) is 4.79 Å². The monoisotopic (exact) mass is 288 g/mol. The normalized spacial score (nSPS) is 11.8. The van der Waals surface area contributed by atoms with Crippen molar-refractivity contribution in [2.24, 2.45) is 5.41 Å². The van der Waals surface area contributed by atoms with Crippen molar-refractivity contribution in [1.29, 1.82) is 0 Å². The van der Waals surface area contributed by atoms with Crippen LogP contribution in [0.4, 0.5) is 0 Å². The van der Waals surface area contributed by atoms with Crippen molar-refractivity contribution in [1.82, 2.24) is 0 Å². The van der Waals surface area contributed by atoms with E-state index >= 15 is 0 Å². The summed E-state index contributed by atoms with van der Waals surface area (Å²) in [6.45, 7) is 8.59. The van der Waals surface area contributed by atoms with Crippen LogP contribution in [-0.4, -0.2) is 43.2 Å². The van der Waals surface area contributed by atoms with Crippen LogP contribution in [0.5, 0.6) is 0 Å². The highest BCUT2D eigenvalue weighted by Gasteiger charge is 2.18. The Balaban J connectivity index is 0. The van der Waals surface area contributed by atoms with Crippen LogP contribution >= 0.6 is 0 Å². The van der Waals surface area contributed by atoms with Crippen LogP contribution in [0.25, 0.3) is 0 Å². The average Bonchev–Trinajstić information content (AvgIpc) is 2.26. The van der Waals surface area contributed by atoms with E-state index < -0.39 is 11.4 Å². The first kappa shape index (κ1) is 21.7. The second-order valence-corrected chi connectivity index (χ2v) is 7.69. The van der Waals surface area contributed by atoms with Gasteiger partial charge in [0.2, 0.25) is 0 Å². The zero-order valence-electron chi connectivity index (χ0n) is 15.0. The molecule has 1 N–H and O–H groups in total. The van der Waals surface area contributed by atoms with E-state index in [1.807, 2.05) is 0 Å². The second kappa shape index (κ2) is 11.1. The van der Waals surface area contributed by atoms with Gasteiger partial charge in [0.05, 0.1) is 33.1 Å². The molecular formula is C17H38NO2+. The predicted molar refractivity (Wildman–Crippen MR) is 88.0 cm³/mol. The van der Waals surface area contributed by atoms with Gasteiger partial charge in [0.1, 0.15) is 0 Å². The van der Waals surface area contributed by atoms with Crippen molar-refractivity contribution in [3.05, 3.63) is 0 Å². The van der Waals surface area contributed by atoms with Crippen molar-refractivity contribution >= 4 is 5.97 Å². The Morgan fingerprint density at radius 1 is 0.900 bits per heavy atom. The van der Waals surface area contributed by atoms with Crippen molar-refractivity contribution in [2.75, 3.05) is 27.7 Å². The third-order valence-electron chi connectivity index (χ3n) is 3.07. The summed E-state index contributed by atoms with van der Waals surface area (Å²) >= 11 is 0. The Morgan fingerprint density at radius 2 is 1.25 bits per heavy atom. The van der Waals surface area contributed by atoms with Gasteiger partial charge >= 0.3 is 5.97 Å². The van der Waals surface area contributed by atoms with Crippen molar-refractivity contribution in [3.63, 3.8) is 0 Å². The lowest BCUT2D eigenvalue weighted by Gasteiger charge is -2.23. The van der Waals surface area contributed by atoms with Gasteiger partial charge in [-0.15, -0.1) is 0 Å². The molecule has 0 spiro atoms. The van der Waals surface area contributed by atoms with E-state index in [1.54, 1.807) is 20.8 Å². The quantitative estimate of drug-likeness (QED) is 0.525. The maximum absolute atomic E-state index is 10.0. The van der Waals surface area contributed by atoms with Gasteiger partial charge < -0.3 is 9.59 Å². The highest BCUT2D eigenvalue weighted by atomic mass is 16.4. The molecule has 0 aliphatic carbocycles. The molecule has 20 heavy (non-hydrogen) atoms. The summed E-state index contributed by atoms with van der Waals surface area (Å²) in [5.74, 6) is -0.757. The molecule has 0 aromatic rings. The minimum atomic E-state index is -0.757. The summed E-state index contributed by atoms with van der Waals surface area (Å²) < 4.78 is 1.12. The fraction of sp³-hybridized carbons (Fsp3) is 0.941. The molecule has 0 saturated heterocycles. The Hall–Kier alpha value is -0.570. The van der Waals surface area contributed by atoms with Crippen molar-refractivity contribution in [3.8, 4) is 0 Å². The highest BCUT2D eigenvalue weighted by molar-refractivity contribution is 5.72. The van der Waals surface area contributed by atoms with E-state index in [2.05, 4.69) is 28.1 Å². The van der Waals surface area contributed by atoms with Crippen LogP contribution in [0.1, 0.15) is 72.6 Å². The Kier molecular flexibility index (Phi) is 12.1. The third-order valence-corrected chi connectivity index (χ3v) is 3.07. The van der Waals surface area contributed by atoms with E-state index in [0.29, 0.717) is 0 Å². The highest BCUT2D eigenvalue weighted by Crippen LogP contribution is 2.11. The molecule has 0 unspecified atom stereocenters. The number of carbonyl (C=O) groups is 1. The summed E-state index contributed by atoms with van der Waals surface area (Å²) in [6.07, 6.45) is 9.95. The maximum Gasteiger partial charge on any atom is 0.308 e. The second-order valence-electron chi connectivity index (χ2n) is 7.69. The Bertz CT molecular complexity index is 236. The van der Waals surface area contributed by atoms with E-state index in [1.165, 1.54) is 51.5 Å². The number of aliphatic carboxylic acids is 1. The summed E-state index contributed by atoms with van der Waals surface area (Å²) in [5, 5.41) is 8.25. The van der Waals surface area contributed by atoms with Crippen LogP contribution in [0.2, 0.25) is 0 Å². The van der Waals surface area contributed by atoms with Gasteiger partial charge in [0.15, 0.2) is 0 Å². The van der Waals surface area contributed by atoms with Gasteiger partial charge in [-0.1, -0.05) is 39.0 Å². The van der Waals surface area contributed by atoms with Gasteiger partial charge in [-0.3, -0.25) is 4.79 Å². The van der Waals surface area contributed by atoms with Crippen LogP contribution in [0, 0.1) is 5.41 Å². The minimum Gasteiger partial charge on any atom is -0.481 e. The fourth-order valence-corrected chi connectivity index (χ4v) is 1.54.